The Labute approximate surface area is 72.4 Å². The van der Waals surface area contributed by atoms with Gasteiger partial charge in [0.1, 0.15) is 0 Å². The Balaban J connectivity index is 2.95. The molecular formula is C8H6N2O3. The molecule has 0 aliphatic heterocycles. The molecule has 2 aromatic rings. The molecule has 0 atom stereocenters. The van der Waals surface area contributed by atoms with Crippen molar-refractivity contribution in [2.24, 2.45) is 5.73 Å². The van der Waals surface area contributed by atoms with Crippen LogP contribution in [0.1, 0.15) is 0 Å². The van der Waals surface area contributed by atoms with Crippen molar-refractivity contribution in [1.29, 1.82) is 0 Å². The standard InChI is InChI=1S/C8H6N2O3/c9-7(11)10-5-3-1-2-4-6(5)13-8(10)12/h1-4H,(H2,9,11). The largest absolute Gasteiger partial charge is 0.428 e. The van der Waals surface area contributed by atoms with Gasteiger partial charge >= 0.3 is 11.8 Å². The van der Waals surface area contributed by atoms with Crippen molar-refractivity contribution in [3.05, 3.63) is 34.8 Å². The molecule has 1 heterocycles. The highest BCUT2D eigenvalue weighted by Crippen LogP contribution is 2.10. The lowest BCUT2D eigenvalue weighted by Gasteiger charge is -1.91. The fourth-order valence-electron chi connectivity index (χ4n) is 1.17. The van der Waals surface area contributed by atoms with Crippen LogP contribution in [0.4, 0.5) is 4.79 Å². The first-order valence-corrected chi connectivity index (χ1v) is 3.60. The smallest absolute Gasteiger partial charge is 0.407 e. The van der Waals surface area contributed by atoms with Gasteiger partial charge in [0.2, 0.25) is 0 Å². The van der Waals surface area contributed by atoms with Gasteiger partial charge in [-0.15, -0.1) is 0 Å². The molecule has 66 valence electrons. The maximum atomic E-state index is 11.1. The molecule has 0 saturated heterocycles. The van der Waals surface area contributed by atoms with Crippen LogP contribution in [0.3, 0.4) is 0 Å². The number of carbonyl (C=O) groups is 1. The van der Waals surface area contributed by atoms with E-state index in [4.69, 9.17) is 10.2 Å². The number of oxazole rings is 1. The Bertz CT molecular complexity index is 523. The Hall–Kier alpha value is -2.04. The van der Waals surface area contributed by atoms with Gasteiger partial charge in [-0.1, -0.05) is 12.1 Å². The lowest BCUT2D eigenvalue weighted by Crippen LogP contribution is -2.28. The molecule has 0 bridgehead atoms. The van der Waals surface area contributed by atoms with E-state index in [1.165, 1.54) is 0 Å². The van der Waals surface area contributed by atoms with Crippen molar-refractivity contribution >= 4 is 17.1 Å². The first kappa shape index (κ1) is 7.60. The first-order chi connectivity index (χ1) is 6.20. The quantitative estimate of drug-likeness (QED) is 0.638. The van der Waals surface area contributed by atoms with E-state index < -0.39 is 11.8 Å². The molecule has 2 N–H and O–H groups in total. The highest BCUT2D eigenvalue weighted by Gasteiger charge is 2.11. The van der Waals surface area contributed by atoms with Gasteiger partial charge in [0.05, 0.1) is 5.52 Å². The number of aromatic nitrogens is 1. The number of benzene rings is 1. The maximum absolute atomic E-state index is 11.1. The molecule has 1 aromatic heterocycles. The van der Waals surface area contributed by atoms with Crippen molar-refractivity contribution in [3.63, 3.8) is 0 Å². The number of fused-ring (bicyclic) bond motifs is 1. The van der Waals surface area contributed by atoms with E-state index in [1.54, 1.807) is 24.3 Å². The molecule has 2 rings (SSSR count). The third-order valence-electron chi connectivity index (χ3n) is 1.71. The summed E-state index contributed by atoms with van der Waals surface area (Å²) in [5.74, 6) is -0.756. The molecule has 13 heavy (non-hydrogen) atoms. The summed E-state index contributed by atoms with van der Waals surface area (Å²) < 4.78 is 5.55. The van der Waals surface area contributed by atoms with Gasteiger partial charge in [-0.3, -0.25) is 0 Å². The molecule has 1 amide bonds. The van der Waals surface area contributed by atoms with Crippen LogP contribution in [-0.4, -0.2) is 10.6 Å². The second-order valence-electron chi connectivity index (χ2n) is 2.51. The number of nitrogens with zero attached hydrogens (tertiary/aromatic N) is 1. The Kier molecular flexibility index (Phi) is 1.45. The highest BCUT2D eigenvalue weighted by molar-refractivity contribution is 5.86. The Morgan fingerprint density at radius 2 is 2.08 bits per heavy atom. The predicted octanol–water partition coefficient (Wildman–Crippen LogP) is 0.521. The summed E-state index contributed by atoms with van der Waals surface area (Å²) in [4.78, 5) is 21.9. The van der Waals surface area contributed by atoms with Crippen LogP contribution in [0.15, 0.2) is 33.5 Å². The van der Waals surface area contributed by atoms with Gasteiger partial charge in [0, 0.05) is 0 Å². The average Bonchev–Trinajstić information content (AvgIpc) is 2.39. The number of carbonyl (C=O) groups excluding carboxylic acids is 1. The summed E-state index contributed by atoms with van der Waals surface area (Å²) in [5.41, 5.74) is 5.73. The van der Waals surface area contributed by atoms with Crippen molar-refractivity contribution in [2.75, 3.05) is 0 Å². The number of rotatable bonds is 0. The van der Waals surface area contributed by atoms with Crippen LogP contribution in [-0.2, 0) is 0 Å². The summed E-state index contributed by atoms with van der Waals surface area (Å²) >= 11 is 0. The summed E-state index contributed by atoms with van der Waals surface area (Å²) in [6.07, 6.45) is 0. The maximum Gasteiger partial charge on any atom is 0.428 e. The molecule has 5 heteroatoms. The van der Waals surface area contributed by atoms with Gasteiger partial charge in [0.15, 0.2) is 5.58 Å². The number of hydrogen-bond acceptors (Lipinski definition) is 3. The highest BCUT2D eigenvalue weighted by atomic mass is 16.4. The fraction of sp³-hybridized carbons (Fsp3) is 0. The van der Waals surface area contributed by atoms with Crippen molar-refractivity contribution in [1.82, 2.24) is 4.57 Å². The minimum absolute atomic E-state index is 0.353. The van der Waals surface area contributed by atoms with Crippen molar-refractivity contribution < 1.29 is 9.21 Å². The van der Waals surface area contributed by atoms with Crippen LogP contribution in [0.2, 0.25) is 0 Å². The zero-order valence-corrected chi connectivity index (χ0v) is 6.56. The number of primary amides is 1. The zero-order valence-electron chi connectivity index (χ0n) is 6.56. The average molecular weight is 178 g/mol. The Morgan fingerprint density at radius 3 is 2.77 bits per heavy atom. The van der Waals surface area contributed by atoms with Gasteiger partial charge in [-0.25, -0.2) is 9.59 Å². The number of para-hydroxylation sites is 2. The number of hydrogen-bond donors (Lipinski definition) is 1. The van der Waals surface area contributed by atoms with Gasteiger partial charge < -0.3 is 10.2 Å². The SMILES string of the molecule is NC(=O)n1c(=O)oc2ccccc21. The minimum atomic E-state index is -0.838. The molecular weight excluding hydrogens is 172 g/mol. The van der Waals surface area contributed by atoms with E-state index in [-0.39, 0.29) is 0 Å². The third kappa shape index (κ3) is 1.01. The molecule has 5 nitrogen and oxygen atoms in total. The van der Waals surface area contributed by atoms with Crippen LogP contribution >= 0.6 is 0 Å². The van der Waals surface area contributed by atoms with E-state index in [1.807, 2.05) is 0 Å². The molecule has 0 aliphatic carbocycles. The van der Waals surface area contributed by atoms with E-state index in [0.717, 1.165) is 4.57 Å². The third-order valence-corrected chi connectivity index (χ3v) is 1.71. The molecule has 0 spiro atoms. The van der Waals surface area contributed by atoms with Crippen LogP contribution in [0.25, 0.3) is 11.1 Å². The summed E-state index contributed by atoms with van der Waals surface area (Å²) in [6.45, 7) is 0. The normalized spacial score (nSPS) is 10.5. The van der Waals surface area contributed by atoms with Crippen molar-refractivity contribution in [3.8, 4) is 0 Å². The fourth-order valence-corrected chi connectivity index (χ4v) is 1.17. The lowest BCUT2D eigenvalue weighted by atomic mass is 10.3. The van der Waals surface area contributed by atoms with Crippen LogP contribution < -0.4 is 11.5 Å². The molecule has 0 unspecified atom stereocenters. The monoisotopic (exact) mass is 178 g/mol. The minimum Gasteiger partial charge on any atom is -0.407 e. The lowest BCUT2D eigenvalue weighted by molar-refractivity contribution is 0.249. The predicted molar refractivity (Wildman–Crippen MR) is 45.5 cm³/mol. The number of nitrogens with two attached hydrogens (primary N) is 1. The van der Waals surface area contributed by atoms with E-state index in [0.29, 0.717) is 11.1 Å². The first-order valence-electron chi connectivity index (χ1n) is 3.60. The summed E-state index contributed by atoms with van der Waals surface area (Å²) in [7, 11) is 0. The second kappa shape index (κ2) is 2.48. The zero-order chi connectivity index (χ0) is 9.42. The van der Waals surface area contributed by atoms with Gasteiger partial charge in [-0.05, 0) is 12.1 Å². The summed E-state index contributed by atoms with van der Waals surface area (Å²) in [5, 5.41) is 0. The van der Waals surface area contributed by atoms with E-state index >= 15 is 0 Å². The Morgan fingerprint density at radius 1 is 1.38 bits per heavy atom. The van der Waals surface area contributed by atoms with Crippen molar-refractivity contribution in [2.45, 2.75) is 0 Å². The number of amides is 1. The molecule has 0 saturated carbocycles. The van der Waals surface area contributed by atoms with Crippen LogP contribution in [0.5, 0.6) is 0 Å². The summed E-state index contributed by atoms with van der Waals surface area (Å²) in [6, 6.07) is 5.74. The molecule has 0 radical (unpaired) electrons. The van der Waals surface area contributed by atoms with E-state index in [9.17, 15) is 9.59 Å². The van der Waals surface area contributed by atoms with Gasteiger partial charge in [0.25, 0.3) is 0 Å². The second-order valence-corrected chi connectivity index (χ2v) is 2.51. The molecule has 1 aromatic carbocycles. The molecule has 0 aliphatic rings. The van der Waals surface area contributed by atoms with Gasteiger partial charge in [-0.2, -0.15) is 4.57 Å². The van der Waals surface area contributed by atoms with E-state index in [2.05, 4.69) is 0 Å². The topological polar surface area (TPSA) is 78.2 Å². The van der Waals surface area contributed by atoms with Crippen LogP contribution in [0, 0.1) is 0 Å². The molecule has 0 fully saturated rings.